The van der Waals surface area contributed by atoms with Crippen LogP contribution >= 0.6 is 15.9 Å². The summed E-state index contributed by atoms with van der Waals surface area (Å²) >= 11 is 3.45. The van der Waals surface area contributed by atoms with Crippen molar-refractivity contribution < 1.29 is 0 Å². The predicted molar refractivity (Wildman–Crippen MR) is 100 cm³/mol. The maximum Gasteiger partial charge on any atom is 0.254 e. The molecule has 7 nitrogen and oxygen atoms in total. The van der Waals surface area contributed by atoms with Gasteiger partial charge in [0, 0.05) is 22.9 Å². The third-order valence-corrected chi connectivity index (χ3v) is 4.38. The number of imidazole rings is 1. The van der Waals surface area contributed by atoms with Gasteiger partial charge in [-0.2, -0.15) is 15.1 Å². The maximum absolute atomic E-state index is 4.67. The average molecular weight is 398 g/mol. The minimum atomic E-state index is 0.515. The Balaban J connectivity index is 1.87. The van der Waals surface area contributed by atoms with Crippen molar-refractivity contribution in [3.8, 4) is 5.95 Å². The van der Waals surface area contributed by atoms with E-state index in [1.54, 1.807) is 11.0 Å². The van der Waals surface area contributed by atoms with Crippen molar-refractivity contribution in [3.05, 3.63) is 52.5 Å². The molecule has 25 heavy (non-hydrogen) atoms. The van der Waals surface area contributed by atoms with E-state index in [9.17, 15) is 0 Å². The molecular weight excluding hydrogens is 382 g/mol. The number of hydrogen-bond donors (Lipinski definition) is 1. The van der Waals surface area contributed by atoms with Crippen LogP contribution in [-0.4, -0.2) is 29.3 Å². The summed E-state index contributed by atoms with van der Waals surface area (Å²) in [7, 11) is 1.91. The third-order valence-electron chi connectivity index (χ3n) is 3.85. The van der Waals surface area contributed by atoms with Gasteiger partial charge < -0.3 is 9.88 Å². The van der Waals surface area contributed by atoms with Gasteiger partial charge in [0.15, 0.2) is 17.0 Å². The lowest BCUT2D eigenvalue weighted by molar-refractivity contribution is 0.776. The second-order valence-electron chi connectivity index (χ2n) is 5.87. The van der Waals surface area contributed by atoms with Gasteiger partial charge in [0.05, 0.1) is 12.0 Å². The number of halogens is 1. The van der Waals surface area contributed by atoms with Crippen LogP contribution < -0.4 is 5.32 Å². The molecule has 0 amide bonds. The van der Waals surface area contributed by atoms with Crippen LogP contribution in [0.2, 0.25) is 0 Å². The first kappa shape index (κ1) is 15.8. The molecule has 126 valence electrons. The van der Waals surface area contributed by atoms with Gasteiger partial charge in [0.1, 0.15) is 0 Å². The van der Waals surface area contributed by atoms with Crippen molar-refractivity contribution in [2.75, 3.05) is 5.32 Å². The zero-order chi connectivity index (χ0) is 17.6. The summed E-state index contributed by atoms with van der Waals surface area (Å²) in [6.07, 6.45) is 1.73. The van der Waals surface area contributed by atoms with Gasteiger partial charge in [-0.25, -0.2) is 9.67 Å². The van der Waals surface area contributed by atoms with E-state index in [1.165, 1.54) is 0 Å². The molecule has 0 aliphatic carbocycles. The van der Waals surface area contributed by atoms with Crippen molar-refractivity contribution in [1.82, 2.24) is 29.3 Å². The van der Waals surface area contributed by atoms with Crippen molar-refractivity contribution in [2.45, 2.75) is 13.8 Å². The molecule has 0 unspecified atom stereocenters. The lowest BCUT2D eigenvalue weighted by atomic mass is 10.3. The van der Waals surface area contributed by atoms with Crippen LogP contribution in [-0.2, 0) is 7.05 Å². The minimum absolute atomic E-state index is 0.515. The minimum Gasteiger partial charge on any atom is -0.338 e. The van der Waals surface area contributed by atoms with E-state index in [2.05, 4.69) is 41.3 Å². The first-order valence-corrected chi connectivity index (χ1v) is 8.56. The SMILES string of the molecule is Cc1cc(C)n(-c2nc(Nc3ccc(Br)cc3)c3ncn(C)c3n2)n1. The molecule has 0 atom stereocenters. The topological polar surface area (TPSA) is 73.5 Å². The lowest BCUT2D eigenvalue weighted by Gasteiger charge is -2.09. The van der Waals surface area contributed by atoms with Gasteiger partial charge in [-0.15, -0.1) is 0 Å². The van der Waals surface area contributed by atoms with E-state index in [4.69, 9.17) is 0 Å². The second-order valence-corrected chi connectivity index (χ2v) is 6.79. The number of anilines is 2. The monoisotopic (exact) mass is 397 g/mol. The van der Waals surface area contributed by atoms with Crippen LogP contribution in [0.5, 0.6) is 0 Å². The van der Waals surface area contributed by atoms with Crippen LogP contribution in [0.3, 0.4) is 0 Å². The van der Waals surface area contributed by atoms with Crippen LogP contribution in [0.1, 0.15) is 11.4 Å². The summed E-state index contributed by atoms with van der Waals surface area (Å²) in [4.78, 5) is 13.7. The van der Waals surface area contributed by atoms with Gasteiger partial charge in [-0.3, -0.25) is 0 Å². The molecule has 1 aromatic carbocycles. The van der Waals surface area contributed by atoms with Crippen LogP contribution in [0, 0.1) is 13.8 Å². The summed E-state index contributed by atoms with van der Waals surface area (Å²) < 4.78 is 4.64. The number of nitrogens with zero attached hydrogens (tertiary/aromatic N) is 6. The molecule has 4 aromatic rings. The number of nitrogens with one attached hydrogen (secondary N) is 1. The van der Waals surface area contributed by atoms with Gasteiger partial charge >= 0.3 is 0 Å². The zero-order valence-electron chi connectivity index (χ0n) is 14.0. The highest BCUT2D eigenvalue weighted by Crippen LogP contribution is 2.25. The Morgan fingerprint density at radius 1 is 1.08 bits per heavy atom. The standard InChI is InChI=1S/C17H16BrN7/c1-10-8-11(2)25(23-10)17-21-15(14-16(22-17)24(3)9-19-14)20-13-6-4-12(18)5-7-13/h4-9H,1-3H3,(H,20,21,22). The van der Waals surface area contributed by atoms with Crippen molar-refractivity contribution in [2.24, 2.45) is 7.05 Å². The maximum atomic E-state index is 4.67. The van der Waals surface area contributed by atoms with Crippen LogP contribution in [0.25, 0.3) is 17.1 Å². The highest BCUT2D eigenvalue weighted by molar-refractivity contribution is 9.10. The van der Waals surface area contributed by atoms with Gasteiger partial charge in [0.2, 0.25) is 0 Å². The molecular formula is C17H16BrN7. The Kier molecular flexibility index (Phi) is 3.76. The largest absolute Gasteiger partial charge is 0.338 e. The molecule has 0 spiro atoms. The smallest absolute Gasteiger partial charge is 0.254 e. The fourth-order valence-corrected chi connectivity index (χ4v) is 2.94. The van der Waals surface area contributed by atoms with E-state index in [0.29, 0.717) is 11.8 Å². The van der Waals surface area contributed by atoms with E-state index in [0.717, 1.165) is 32.7 Å². The number of aryl methyl sites for hydroxylation is 3. The Morgan fingerprint density at radius 2 is 1.84 bits per heavy atom. The lowest BCUT2D eigenvalue weighted by Crippen LogP contribution is -2.08. The Bertz CT molecular complexity index is 1060. The number of aromatic nitrogens is 6. The highest BCUT2D eigenvalue weighted by Gasteiger charge is 2.15. The van der Waals surface area contributed by atoms with Gasteiger partial charge in [-0.1, -0.05) is 15.9 Å². The van der Waals surface area contributed by atoms with E-state index >= 15 is 0 Å². The van der Waals surface area contributed by atoms with E-state index < -0.39 is 0 Å². The summed E-state index contributed by atoms with van der Waals surface area (Å²) in [5.41, 5.74) is 4.29. The normalized spacial score (nSPS) is 11.2. The number of rotatable bonds is 3. The van der Waals surface area contributed by atoms with Crippen molar-refractivity contribution in [1.29, 1.82) is 0 Å². The molecule has 0 radical (unpaired) electrons. The van der Waals surface area contributed by atoms with Gasteiger partial charge in [-0.05, 0) is 44.2 Å². The van der Waals surface area contributed by atoms with Crippen molar-refractivity contribution in [3.63, 3.8) is 0 Å². The quantitative estimate of drug-likeness (QED) is 0.570. The van der Waals surface area contributed by atoms with Crippen LogP contribution in [0.4, 0.5) is 11.5 Å². The molecule has 0 aliphatic heterocycles. The van der Waals surface area contributed by atoms with E-state index in [1.807, 2.05) is 55.8 Å². The predicted octanol–water partition coefficient (Wildman–Crippen LogP) is 3.67. The average Bonchev–Trinajstić information content (AvgIpc) is 3.12. The number of fused-ring (bicyclic) bond motifs is 1. The first-order valence-electron chi connectivity index (χ1n) is 7.76. The number of benzene rings is 1. The van der Waals surface area contributed by atoms with Crippen molar-refractivity contribution >= 4 is 38.6 Å². The summed E-state index contributed by atoms with van der Waals surface area (Å²) in [5.74, 6) is 1.16. The molecule has 3 heterocycles. The summed E-state index contributed by atoms with van der Waals surface area (Å²) in [6, 6.07) is 9.90. The first-order chi connectivity index (χ1) is 12.0. The Labute approximate surface area is 152 Å². The fraction of sp³-hybridized carbons (Fsp3) is 0.176. The highest BCUT2D eigenvalue weighted by atomic mass is 79.9. The Morgan fingerprint density at radius 3 is 2.52 bits per heavy atom. The van der Waals surface area contributed by atoms with Gasteiger partial charge in [0.25, 0.3) is 5.95 Å². The molecule has 0 bridgehead atoms. The molecule has 8 heteroatoms. The molecule has 4 rings (SSSR count). The summed E-state index contributed by atoms with van der Waals surface area (Å²) in [5, 5.41) is 7.82. The third kappa shape index (κ3) is 2.89. The molecule has 0 fully saturated rings. The molecule has 0 aliphatic rings. The van der Waals surface area contributed by atoms with Crippen LogP contribution in [0.15, 0.2) is 41.1 Å². The second kappa shape index (κ2) is 5.96. The molecule has 1 N–H and O–H groups in total. The number of hydrogen-bond acceptors (Lipinski definition) is 5. The molecule has 0 saturated carbocycles. The summed E-state index contributed by atoms with van der Waals surface area (Å²) in [6.45, 7) is 3.94. The Hall–Kier alpha value is -2.74. The van der Waals surface area contributed by atoms with E-state index in [-0.39, 0.29) is 0 Å². The molecule has 3 aromatic heterocycles. The molecule has 0 saturated heterocycles. The fourth-order valence-electron chi connectivity index (χ4n) is 2.68. The zero-order valence-corrected chi connectivity index (χ0v) is 15.6.